The van der Waals surface area contributed by atoms with Crippen LogP contribution in [0.2, 0.25) is 0 Å². The van der Waals surface area contributed by atoms with Gasteiger partial charge in [-0.15, -0.1) is 0 Å². The second kappa shape index (κ2) is 6.88. The van der Waals surface area contributed by atoms with E-state index in [2.05, 4.69) is 15.3 Å². The molecule has 0 aliphatic rings. The third-order valence-corrected chi connectivity index (χ3v) is 3.42. The highest BCUT2D eigenvalue weighted by Crippen LogP contribution is 2.25. The van der Waals surface area contributed by atoms with E-state index in [4.69, 9.17) is 5.11 Å². The molecule has 0 aliphatic heterocycles. The number of nitrogens with one attached hydrogen (secondary N) is 1. The average Bonchev–Trinajstić information content (AvgIpc) is 2.63. The van der Waals surface area contributed by atoms with Crippen LogP contribution in [0.15, 0.2) is 60.9 Å². The van der Waals surface area contributed by atoms with Gasteiger partial charge in [0.25, 0.3) is 5.91 Å². The Bertz CT molecular complexity index is 928. The highest BCUT2D eigenvalue weighted by atomic mass is 19.1. The first-order chi connectivity index (χ1) is 12.0. The lowest BCUT2D eigenvalue weighted by molar-refractivity contribution is 0.0690. The van der Waals surface area contributed by atoms with Crippen molar-refractivity contribution in [3.8, 4) is 11.1 Å². The van der Waals surface area contributed by atoms with Crippen LogP contribution in [0.3, 0.4) is 0 Å². The lowest BCUT2D eigenvalue weighted by Crippen LogP contribution is -2.15. The number of carboxylic acid groups (broad SMARTS) is 1. The maximum atomic E-state index is 13.6. The summed E-state index contributed by atoms with van der Waals surface area (Å²) in [4.78, 5) is 30.8. The van der Waals surface area contributed by atoms with Crippen molar-refractivity contribution in [2.75, 3.05) is 5.32 Å². The number of rotatable bonds is 4. The molecule has 0 saturated heterocycles. The zero-order chi connectivity index (χ0) is 17.8. The Labute approximate surface area is 142 Å². The van der Waals surface area contributed by atoms with Gasteiger partial charge < -0.3 is 10.4 Å². The predicted octanol–water partition coefficient (Wildman–Crippen LogP) is 3.23. The minimum Gasteiger partial charge on any atom is -0.476 e. The van der Waals surface area contributed by atoms with Crippen LogP contribution >= 0.6 is 0 Å². The number of halogens is 1. The maximum Gasteiger partial charge on any atom is 0.356 e. The molecule has 1 aromatic heterocycles. The number of nitrogens with zero attached hydrogens (tertiary/aromatic N) is 2. The fraction of sp³-hybridized carbons (Fsp3) is 0. The number of aromatic carboxylic acids is 1. The number of carbonyl (C=O) groups excluding carboxylic acids is 1. The molecule has 1 heterocycles. The number of carbonyl (C=O) groups is 2. The van der Waals surface area contributed by atoms with Crippen molar-refractivity contribution < 1.29 is 19.1 Å². The van der Waals surface area contributed by atoms with Gasteiger partial charge in [0.1, 0.15) is 5.82 Å². The van der Waals surface area contributed by atoms with E-state index in [1.54, 1.807) is 0 Å². The molecule has 124 valence electrons. The second-order valence-corrected chi connectivity index (χ2v) is 5.10. The van der Waals surface area contributed by atoms with Crippen molar-refractivity contribution in [3.05, 3.63) is 78.0 Å². The normalized spacial score (nSPS) is 10.3. The van der Waals surface area contributed by atoms with Crippen LogP contribution in [0.5, 0.6) is 0 Å². The summed E-state index contributed by atoms with van der Waals surface area (Å²) in [5, 5.41) is 11.3. The fourth-order valence-corrected chi connectivity index (χ4v) is 2.26. The van der Waals surface area contributed by atoms with Crippen LogP contribution in [0.25, 0.3) is 11.1 Å². The Kier molecular flexibility index (Phi) is 4.47. The second-order valence-electron chi connectivity index (χ2n) is 5.10. The first kappa shape index (κ1) is 16.3. The van der Waals surface area contributed by atoms with Crippen molar-refractivity contribution >= 4 is 17.7 Å². The Morgan fingerprint density at radius 1 is 1.00 bits per heavy atom. The fourth-order valence-electron chi connectivity index (χ4n) is 2.26. The van der Waals surface area contributed by atoms with Gasteiger partial charge in [-0.05, 0) is 23.3 Å². The summed E-state index contributed by atoms with van der Waals surface area (Å²) >= 11 is 0. The molecule has 6 nitrogen and oxygen atoms in total. The Morgan fingerprint density at radius 3 is 2.40 bits per heavy atom. The monoisotopic (exact) mass is 337 g/mol. The first-order valence-electron chi connectivity index (χ1n) is 7.26. The van der Waals surface area contributed by atoms with E-state index in [-0.39, 0.29) is 17.1 Å². The number of anilines is 1. The predicted molar refractivity (Wildman–Crippen MR) is 88.8 cm³/mol. The molecule has 3 aromatic rings. The van der Waals surface area contributed by atoms with Gasteiger partial charge in [-0.3, -0.25) is 4.79 Å². The van der Waals surface area contributed by atoms with E-state index in [0.717, 1.165) is 24.0 Å². The summed E-state index contributed by atoms with van der Waals surface area (Å²) in [5.74, 6) is -2.27. The standard InChI is InChI=1S/C18H12FN3O3/c19-12-6-7-13(11-4-2-1-3-5-11)14(8-12)17(23)22-16-10-20-15(9-21-16)18(24)25/h1-10H,(H,24,25)(H,21,22,23). The number of hydrogen-bond donors (Lipinski definition) is 2. The van der Waals surface area contributed by atoms with Gasteiger partial charge in [0.2, 0.25) is 0 Å². The van der Waals surface area contributed by atoms with Gasteiger partial charge in [-0.1, -0.05) is 36.4 Å². The summed E-state index contributed by atoms with van der Waals surface area (Å²) < 4.78 is 13.6. The molecule has 2 aromatic carbocycles. The molecule has 1 amide bonds. The molecule has 0 bridgehead atoms. The number of aromatic nitrogens is 2. The first-order valence-corrected chi connectivity index (χ1v) is 7.26. The van der Waals surface area contributed by atoms with E-state index < -0.39 is 17.7 Å². The van der Waals surface area contributed by atoms with Crippen molar-refractivity contribution in [3.63, 3.8) is 0 Å². The van der Waals surface area contributed by atoms with Crippen LogP contribution in [0.1, 0.15) is 20.8 Å². The number of carboxylic acids is 1. The van der Waals surface area contributed by atoms with Crippen molar-refractivity contribution in [2.45, 2.75) is 0 Å². The molecule has 2 N–H and O–H groups in total. The zero-order valence-corrected chi connectivity index (χ0v) is 12.8. The number of amides is 1. The molecule has 25 heavy (non-hydrogen) atoms. The molecular formula is C18H12FN3O3. The Hall–Kier alpha value is -3.61. The lowest BCUT2D eigenvalue weighted by Gasteiger charge is -2.10. The molecule has 0 atom stereocenters. The molecule has 0 radical (unpaired) electrons. The topological polar surface area (TPSA) is 92.2 Å². The Balaban J connectivity index is 1.91. The van der Waals surface area contributed by atoms with Gasteiger partial charge in [0.05, 0.1) is 18.0 Å². The quantitative estimate of drug-likeness (QED) is 0.762. The van der Waals surface area contributed by atoms with Crippen molar-refractivity contribution in [1.82, 2.24) is 9.97 Å². The van der Waals surface area contributed by atoms with Gasteiger partial charge in [-0.25, -0.2) is 19.2 Å². The molecule has 0 fully saturated rings. The average molecular weight is 337 g/mol. The van der Waals surface area contributed by atoms with Gasteiger partial charge in [0.15, 0.2) is 11.5 Å². The van der Waals surface area contributed by atoms with Crippen LogP contribution in [0.4, 0.5) is 10.2 Å². The smallest absolute Gasteiger partial charge is 0.356 e. The summed E-state index contributed by atoms with van der Waals surface area (Å²) in [6, 6.07) is 13.0. The maximum absolute atomic E-state index is 13.6. The molecule has 7 heteroatoms. The van der Waals surface area contributed by atoms with E-state index in [0.29, 0.717) is 5.56 Å². The lowest BCUT2D eigenvalue weighted by atomic mass is 9.99. The van der Waals surface area contributed by atoms with Crippen molar-refractivity contribution in [2.24, 2.45) is 0 Å². The number of benzene rings is 2. The van der Waals surface area contributed by atoms with Crippen LogP contribution in [0, 0.1) is 5.82 Å². The molecule has 0 saturated carbocycles. The third-order valence-electron chi connectivity index (χ3n) is 3.42. The van der Waals surface area contributed by atoms with E-state index in [1.807, 2.05) is 30.3 Å². The third kappa shape index (κ3) is 3.66. The molecular weight excluding hydrogens is 325 g/mol. The van der Waals surface area contributed by atoms with Crippen molar-refractivity contribution in [1.29, 1.82) is 0 Å². The highest BCUT2D eigenvalue weighted by Gasteiger charge is 2.15. The SMILES string of the molecule is O=C(O)c1cnc(NC(=O)c2cc(F)ccc2-c2ccccc2)cn1. The summed E-state index contributed by atoms with van der Waals surface area (Å²) in [5.41, 5.74) is 1.22. The van der Waals surface area contributed by atoms with E-state index >= 15 is 0 Å². The van der Waals surface area contributed by atoms with Gasteiger partial charge >= 0.3 is 5.97 Å². The van der Waals surface area contributed by atoms with Gasteiger partial charge in [0, 0.05) is 0 Å². The molecule has 0 spiro atoms. The zero-order valence-electron chi connectivity index (χ0n) is 12.8. The van der Waals surface area contributed by atoms with E-state index in [1.165, 1.54) is 12.1 Å². The highest BCUT2D eigenvalue weighted by molar-refractivity contribution is 6.08. The van der Waals surface area contributed by atoms with Crippen LogP contribution in [-0.4, -0.2) is 27.0 Å². The summed E-state index contributed by atoms with van der Waals surface area (Å²) in [7, 11) is 0. The van der Waals surface area contributed by atoms with E-state index in [9.17, 15) is 14.0 Å². The van der Waals surface area contributed by atoms with Gasteiger partial charge in [-0.2, -0.15) is 0 Å². The minimum absolute atomic E-state index is 0.0678. The summed E-state index contributed by atoms with van der Waals surface area (Å²) in [6.45, 7) is 0. The molecule has 0 aliphatic carbocycles. The van der Waals surface area contributed by atoms with Crippen LogP contribution in [-0.2, 0) is 0 Å². The minimum atomic E-state index is -1.22. The molecule has 3 rings (SSSR count). The molecule has 0 unspecified atom stereocenters. The van der Waals surface area contributed by atoms with Crippen LogP contribution < -0.4 is 5.32 Å². The summed E-state index contributed by atoms with van der Waals surface area (Å²) in [6.07, 6.45) is 2.16. The Morgan fingerprint density at radius 2 is 1.76 bits per heavy atom. The largest absolute Gasteiger partial charge is 0.476 e. The number of hydrogen-bond acceptors (Lipinski definition) is 4.